The fraction of sp³-hybridized carbons (Fsp3) is 0.429. The average molecular weight is 485 g/mol. The van der Waals surface area contributed by atoms with E-state index in [-0.39, 0.29) is 28.6 Å². The minimum Gasteiger partial charge on any atom is -0.462 e. The van der Waals surface area contributed by atoms with Crippen LogP contribution < -0.4 is 5.32 Å². The third kappa shape index (κ3) is 5.65. The first kappa shape index (κ1) is 23.7. The summed E-state index contributed by atoms with van der Waals surface area (Å²) in [7, 11) is -3.55. The molecule has 0 aliphatic carbocycles. The summed E-state index contributed by atoms with van der Waals surface area (Å²) in [6.07, 6.45) is 1.19. The maximum Gasteiger partial charge on any atom is 0.338 e. The molecule has 1 unspecified atom stereocenters. The Morgan fingerprint density at radius 2 is 1.97 bits per heavy atom. The Kier molecular flexibility index (Phi) is 7.74. The van der Waals surface area contributed by atoms with Gasteiger partial charge in [0.05, 0.1) is 16.5 Å². The van der Waals surface area contributed by atoms with Crippen molar-refractivity contribution in [2.24, 2.45) is 11.8 Å². The average Bonchev–Trinajstić information content (AvgIpc) is 3.21. The number of carbonyl (C=O) groups excluding carboxylic acids is 2. The van der Waals surface area contributed by atoms with Crippen LogP contribution in [0.1, 0.15) is 37.0 Å². The first-order valence-electron chi connectivity index (χ1n) is 10.1. The molecule has 1 aliphatic rings. The lowest BCUT2D eigenvalue weighted by atomic mass is 9.85. The number of nitrogens with one attached hydrogen (secondary N) is 1. The molecule has 1 N–H and O–H groups in total. The van der Waals surface area contributed by atoms with Crippen molar-refractivity contribution in [1.29, 1.82) is 0 Å². The molecule has 3 rings (SSSR count). The highest BCUT2D eigenvalue weighted by molar-refractivity contribution is 7.91. The first-order chi connectivity index (χ1) is 14.7. The number of sulfonamides is 1. The van der Waals surface area contributed by atoms with Gasteiger partial charge in [0.25, 0.3) is 10.0 Å². The number of hydrogen-bond donors (Lipinski definition) is 1. The monoisotopic (exact) mass is 484 g/mol. The molecule has 1 saturated heterocycles. The molecule has 1 aliphatic heterocycles. The lowest BCUT2D eigenvalue weighted by Gasteiger charge is -2.33. The predicted octanol–water partition coefficient (Wildman–Crippen LogP) is 4.25. The number of hydrogen-bond acceptors (Lipinski definition) is 6. The Hall–Kier alpha value is -1.94. The Balaban J connectivity index is 1.58. The van der Waals surface area contributed by atoms with Gasteiger partial charge in [0.15, 0.2) is 0 Å². The van der Waals surface area contributed by atoms with Crippen molar-refractivity contribution in [3.05, 3.63) is 46.3 Å². The zero-order valence-electron chi connectivity index (χ0n) is 17.3. The standard InChI is InChI=1S/C21H25ClN2O5S2/c1-3-29-21(26)16-5-4-6-17(13-16)23-20(25)14(2)15-9-11-24(12-10-15)31(27,28)19-8-7-18(22)30-19/h4-8,13-15H,3,9-12H2,1-2H3,(H,23,25). The Bertz CT molecular complexity index is 1050. The molecule has 1 aromatic carbocycles. The van der Waals surface area contributed by atoms with E-state index in [0.29, 0.717) is 41.5 Å². The maximum atomic E-state index is 12.7. The largest absolute Gasteiger partial charge is 0.462 e. The molecule has 2 aromatic rings. The molecule has 0 saturated carbocycles. The summed E-state index contributed by atoms with van der Waals surface area (Å²) in [5.74, 6) is -0.835. The maximum absolute atomic E-state index is 12.7. The lowest BCUT2D eigenvalue weighted by Crippen LogP contribution is -2.41. The van der Waals surface area contributed by atoms with Crippen LogP contribution in [0.2, 0.25) is 4.34 Å². The summed E-state index contributed by atoms with van der Waals surface area (Å²) in [6.45, 7) is 4.58. The number of ether oxygens (including phenoxy) is 1. The van der Waals surface area contributed by atoms with Crippen LogP contribution in [-0.2, 0) is 19.6 Å². The minimum atomic E-state index is -3.55. The lowest BCUT2D eigenvalue weighted by molar-refractivity contribution is -0.121. The molecule has 10 heteroatoms. The fourth-order valence-electron chi connectivity index (χ4n) is 3.59. The van der Waals surface area contributed by atoms with Crippen molar-refractivity contribution >= 4 is 50.5 Å². The van der Waals surface area contributed by atoms with Crippen LogP contribution in [0.15, 0.2) is 40.6 Å². The number of benzene rings is 1. The normalized spacial score (nSPS) is 16.6. The predicted molar refractivity (Wildman–Crippen MR) is 121 cm³/mol. The summed E-state index contributed by atoms with van der Waals surface area (Å²) in [5.41, 5.74) is 0.900. The van der Waals surface area contributed by atoms with Crippen LogP contribution >= 0.6 is 22.9 Å². The van der Waals surface area contributed by atoms with E-state index in [4.69, 9.17) is 16.3 Å². The van der Waals surface area contributed by atoms with Gasteiger partial charge in [0, 0.05) is 24.7 Å². The number of thiophene rings is 1. The molecule has 1 atom stereocenters. The number of piperidine rings is 1. The number of amides is 1. The van der Waals surface area contributed by atoms with E-state index in [9.17, 15) is 18.0 Å². The van der Waals surface area contributed by atoms with E-state index < -0.39 is 16.0 Å². The smallest absolute Gasteiger partial charge is 0.338 e. The molecule has 168 valence electrons. The Morgan fingerprint density at radius 3 is 2.58 bits per heavy atom. The van der Waals surface area contributed by atoms with Crippen molar-refractivity contribution in [3.8, 4) is 0 Å². The number of rotatable bonds is 7. The van der Waals surface area contributed by atoms with Crippen molar-refractivity contribution < 1.29 is 22.7 Å². The zero-order valence-corrected chi connectivity index (χ0v) is 19.7. The molecule has 2 heterocycles. The van der Waals surface area contributed by atoms with Gasteiger partial charge in [-0.2, -0.15) is 4.31 Å². The van der Waals surface area contributed by atoms with Crippen molar-refractivity contribution in [2.75, 3.05) is 25.0 Å². The number of esters is 1. The van der Waals surface area contributed by atoms with E-state index in [1.165, 1.54) is 10.4 Å². The summed E-state index contributed by atoms with van der Waals surface area (Å²) < 4.78 is 32.6. The highest BCUT2D eigenvalue weighted by atomic mass is 35.5. The number of carbonyl (C=O) groups is 2. The van der Waals surface area contributed by atoms with E-state index in [1.54, 1.807) is 37.3 Å². The molecule has 0 radical (unpaired) electrons. The number of nitrogens with zero attached hydrogens (tertiary/aromatic N) is 1. The quantitative estimate of drug-likeness (QED) is 0.593. The third-order valence-corrected chi connectivity index (χ3v) is 9.00. The fourth-order valence-corrected chi connectivity index (χ4v) is 6.70. The van der Waals surface area contributed by atoms with Crippen molar-refractivity contribution in [2.45, 2.75) is 30.9 Å². The van der Waals surface area contributed by atoms with Gasteiger partial charge in [-0.15, -0.1) is 11.3 Å². The van der Waals surface area contributed by atoms with Gasteiger partial charge in [-0.05, 0) is 56.0 Å². The first-order valence-corrected chi connectivity index (χ1v) is 12.7. The van der Waals surface area contributed by atoms with Crippen LogP contribution in [0.25, 0.3) is 0 Å². The van der Waals surface area contributed by atoms with Gasteiger partial charge in [0.1, 0.15) is 4.21 Å². The summed E-state index contributed by atoms with van der Waals surface area (Å²) in [4.78, 5) is 24.6. The van der Waals surface area contributed by atoms with Crippen molar-refractivity contribution in [1.82, 2.24) is 4.31 Å². The van der Waals surface area contributed by atoms with Crippen LogP contribution in [0.5, 0.6) is 0 Å². The second kappa shape index (κ2) is 10.1. The summed E-state index contributed by atoms with van der Waals surface area (Å²) >= 11 is 6.93. The molecular formula is C21H25ClN2O5S2. The minimum absolute atomic E-state index is 0.0617. The molecular weight excluding hydrogens is 460 g/mol. The van der Waals surface area contributed by atoms with Crippen LogP contribution in [-0.4, -0.2) is 44.3 Å². The Morgan fingerprint density at radius 1 is 1.26 bits per heavy atom. The molecule has 31 heavy (non-hydrogen) atoms. The summed E-state index contributed by atoms with van der Waals surface area (Å²) in [5, 5.41) is 2.85. The van der Waals surface area contributed by atoms with Gasteiger partial charge in [-0.3, -0.25) is 4.79 Å². The second-order valence-electron chi connectivity index (χ2n) is 7.38. The highest BCUT2D eigenvalue weighted by Crippen LogP contribution is 2.32. The van der Waals surface area contributed by atoms with Crippen LogP contribution in [0.3, 0.4) is 0 Å². The van der Waals surface area contributed by atoms with E-state index in [2.05, 4.69) is 5.32 Å². The number of halogens is 1. The SMILES string of the molecule is CCOC(=O)c1cccc(NC(=O)C(C)C2CCN(S(=O)(=O)c3ccc(Cl)s3)CC2)c1. The van der Waals surface area contributed by atoms with E-state index in [1.807, 2.05) is 6.92 Å². The highest BCUT2D eigenvalue weighted by Gasteiger charge is 2.34. The Labute approximate surface area is 191 Å². The zero-order chi connectivity index (χ0) is 22.6. The molecule has 0 spiro atoms. The molecule has 7 nitrogen and oxygen atoms in total. The second-order valence-corrected chi connectivity index (χ2v) is 11.3. The van der Waals surface area contributed by atoms with Gasteiger partial charge < -0.3 is 10.1 Å². The van der Waals surface area contributed by atoms with Gasteiger partial charge >= 0.3 is 5.97 Å². The molecule has 1 aromatic heterocycles. The molecule has 1 amide bonds. The van der Waals surface area contributed by atoms with E-state index in [0.717, 1.165) is 11.3 Å². The molecule has 0 bridgehead atoms. The molecule has 1 fully saturated rings. The number of anilines is 1. The van der Waals surface area contributed by atoms with Gasteiger partial charge in [-0.1, -0.05) is 24.6 Å². The van der Waals surface area contributed by atoms with Crippen LogP contribution in [0, 0.1) is 11.8 Å². The van der Waals surface area contributed by atoms with Gasteiger partial charge in [0.2, 0.25) is 5.91 Å². The third-order valence-electron chi connectivity index (χ3n) is 5.40. The summed E-state index contributed by atoms with van der Waals surface area (Å²) in [6, 6.07) is 9.73. The van der Waals surface area contributed by atoms with Crippen LogP contribution in [0.4, 0.5) is 5.69 Å². The van der Waals surface area contributed by atoms with Gasteiger partial charge in [-0.25, -0.2) is 13.2 Å². The topological polar surface area (TPSA) is 92.8 Å². The van der Waals surface area contributed by atoms with Crippen molar-refractivity contribution in [3.63, 3.8) is 0 Å². The van der Waals surface area contributed by atoms with E-state index >= 15 is 0 Å².